The fourth-order valence-corrected chi connectivity index (χ4v) is 3.83. The van der Waals surface area contributed by atoms with Gasteiger partial charge < -0.3 is 0 Å². The Morgan fingerprint density at radius 2 is 1.93 bits per heavy atom. The molecule has 0 aliphatic heterocycles. The van der Waals surface area contributed by atoms with E-state index in [0.29, 0.717) is 0 Å². The molecule has 0 saturated heterocycles. The predicted octanol–water partition coefficient (Wildman–Crippen LogP) is 4.13. The van der Waals surface area contributed by atoms with E-state index in [-0.39, 0.29) is 0 Å². The molecule has 0 spiro atoms. The van der Waals surface area contributed by atoms with Crippen molar-refractivity contribution in [3.05, 3.63) is 41.8 Å². The smallest absolute Gasteiger partial charge is 0.0762 e. The fraction of sp³-hybridized carbons (Fsp3) is 0.0909. The molecule has 0 amide bonds. The van der Waals surface area contributed by atoms with Crippen molar-refractivity contribution in [2.24, 2.45) is 0 Å². The van der Waals surface area contributed by atoms with Crippen molar-refractivity contribution in [1.82, 2.24) is 4.72 Å². The molecular weight excluding hydrogens is 242 g/mol. The minimum Gasteiger partial charge on any atom is -0.262 e. The maximum Gasteiger partial charge on any atom is 0.0762 e. The van der Waals surface area contributed by atoms with Gasteiger partial charge in [0.15, 0.2) is 0 Å². The molecule has 1 aromatic heterocycles. The van der Waals surface area contributed by atoms with E-state index < -0.39 is 0 Å². The van der Waals surface area contributed by atoms with E-state index in [1.54, 1.807) is 35.0 Å². The summed E-state index contributed by atoms with van der Waals surface area (Å²) in [4.78, 5) is 2.60. The molecule has 15 heavy (non-hydrogen) atoms. The highest BCUT2D eigenvalue weighted by Gasteiger charge is 2.01. The zero-order valence-corrected chi connectivity index (χ0v) is 10.7. The zero-order chi connectivity index (χ0) is 10.5. The second kappa shape index (κ2) is 5.61. The maximum absolute atomic E-state index is 3.08. The second-order valence-electron chi connectivity index (χ2n) is 2.82. The van der Waals surface area contributed by atoms with Crippen LogP contribution < -0.4 is 4.72 Å². The minimum atomic E-state index is 1.29. The van der Waals surface area contributed by atoms with Crippen LogP contribution in [0.5, 0.6) is 0 Å². The highest BCUT2D eigenvalue weighted by Crippen LogP contribution is 2.34. The van der Waals surface area contributed by atoms with Gasteiger partial charge in [-0.25, -0.2) is 0 Å². The Balaban J connectivity index is 2.05. The average molecular weight is 253 g/mol. The second-order valence-corrected chi connectivity index (χ2v) is 6.19. The zero-order valence-electron chi connectivity index (χ0n) is 8.27. The number of hydrogen-bond donors (Lipinski definition) is 1. The average Bonchev–Trinajstić information content (AvgIpc) is 2.68. The van der Waals surface area contributed by atoms with Gasteiger partial charge in [0.05, 0.1) is 4.21 Å². The van der Waals surface area contributed by atoms with Crippen LogP contribution in [0.15, 0.2) is 55.8 Å². The number of rotatable bonds is 4. The Bertz CT molecular complexity index is 411. The number of thiophene rings is 1. The van der Waals surface area contributed by atoms with Crippen LogP contribution in [0.3, 0.4) is 0 Å². The molecule has 78 valence electrons. The van der Waals surface area contributed by atoms with Crippen molar-refractivity contribution in [1.29, 1.82) is 0 Å². The van der Waals surface area contributed by atoms with Crippen LogP contribution in [-0.2, 0) is 0 Å². The quantitative estimate of drug-likeness (QED) is 0.823. The van der Waals surface area contributed by atoms with Crippen LogP contribution in [0.1, 0.15) is 0 Å². The molecule has 0 saturated carbocycles. The van der Waals surface area contributed by atoms with Gasteiger partial charge in [0, 0.05) is 15.2 Å². The Labute approximate surface area is 102 Å². The van der Waals surface area contributed by atoms with E-state index in [4.69, 9.17) is 0 Å². The lowest BCUT2D eigenvalue weighted by Gasteiger charge is -1.96. The first kappa shape index (κ1) is 11.1. The van der Waals surface area contributed by atoms with E-state index in [9.17, 15) is 0 Å². The van der Waals surface area contributed by atoms with Crippen LogP contribution in [0, 0.1) is 0 Å². The summed E-state index contributed by atoms with van der Waals surface area (Å²) in [6.45, 7) is 0. The third-order valence-corrected chi connectivity index (χ3v) is 4.65. The maximum atomic E-state index is 3.08. The molecule has 0 atom stereocenters. The molecule has 2 rings (SSSR count). The highest BCUT2D eigenvalue weighted by atomic mass is 32.2. The van der Waals surface area contributed by atoms with Gasteiger partial charge in [0.2, 0.25) is 0 Å². The third-order valence-electron chi connectivity index (χ3n) is 1.73. The van der Waals surface area contributed by atoms with Gasteiger partial charge in [-0.05, 0) is 37.2 Å². The fourth-order valence-electron chi connectivity index (χ4n) is 1.13. The molecule has 0 bridgehead atoms. The summed E-state index contributed by atoms with van der Waals surface area (Å²) in [5.41, 5.74) is 0. The number of hydrogen-bond acceptors (Lipinski definition) is 4. The van der Waals surface area contributed by atoms with E-state index in [1.165, 1.54) is 14.0 Å². The predicted molar refractivity (Wildman–Crippen MR) is 69.8 cm³/mol. The Morgan fingerprint density at radius 1 is 1.13 bits per heavy atom. The Kier molecular flexibility index (Phi) is 4.14. The molecule has 1 N–H and O–H groups in total. The van der Waals surface area contributed by atoms with Crippen molar-refractivity contribution in [2.45, 2.75) is 14.0 Å². The molecule has 0 fully saturated rings. The van der Waals surface area contributed by atoms with E-state index in [1.807, 2.05) is 13.1 Å². The van der Waals surface area contributed by atoms with Gasteiger partial charge in [-0.15, -0.1) is 11.3 Å². The molecule has 1 nitrogen and oxygen atoms in total. The summed E-state index contributed by atoms with van der Waals surface area (Å²) in [5, 5.41) is 2.19. The lowest BCUT2D eigenvalue weighted by Crippen LogP contribution is -1.87. The van der Waals surface area contributed by atoms with Crippen molar-refractivity contribution >= 4 is 35.0 Å². The van der Waals surface area contributed by atoms with E-state index >= 15 is 0 Å². The van der Waals surface area contributed by atoms with Gasteiger partial charge in [-0.3, -0.25) is 4.72 Å². The lowest BCUT2D eigenvalue weighted by molar-refractivity contribution is 1.29. The SMILES string of the molecule is CNSc1cc(Sc2ccccc2)cs1. The monoisotopic (exact) mass is 253 g/mol. The van der Waals surface area contributed by atoms with Crippen LogP contribution in [0.4, 0.5) is 0 Å². The molecule has 1 aromatic carbocycles. The van der Waals surface area contributed by atoms with Crippen LogP contribution in [0.25, 0.3) is 0 Å². The number of nitrogens with one attached hydrogen (secondary N) is 1. The summed E-state index contributed by atoms with van der Waals surface area (Å²) >= 11 is 5.24. The van der Waals surface area contributed by atoms with Crippen LogP contribution >= 0.6 is 35.0 Å². The normalized spacial score (nSPS) is 10.5. The number of benzene rings is 1. The van der Waals surface area contributed by atoms with E-state index in [0.717, 1.165) is 0 Å². The van der Waals surface area contributed by atoms with E-state index in [2.05, 4.69) is 40.4 Å². The Hall–Kier alpha value is -0.420. The first-order valence-electron chi connectivity index (χ1n) is 4.53. The van der Waals surface area contributed by atoms with Crippen molar-refractivity contribution in [3.63, 3.8) is 0 Å². The van der Waals surface area contributed by atoms with Crippen molar-refractivity contribution < 1.29 is 0 Å². The van der Waals surface area contributed by atoms with Crippen molar-refractivity contribution in [3.8, 4) is 0 Å². The largest absolute Gasteiger partial charge is 0.262 e. The molecule has 2 aromatic rings. The van der Waals surface area contributed by atoms with Crippen LogP contribution in [-0.4, -0.2) is 7.05 Å². The first-order chi connectivity index (χ1) is 7.38. The Morgan fingerprint density at radius 3 is 2.67 bits per heavy atom. The molecule has 0 aliphatic rings. The molecule has 0 unspecified atom stereocenters. The molecule has 4 heteroatoms. The topological polar surface area (TPSA) is 12.0 Å². The van der Waals surface area contributed by atoms with Gasteiger partial charge >= 0.3 is 0 Å². The van der Waals surface area contributed by atoms with Crippen LogP contribution in [0.2, 0.25) is 0 Å². The van der Waals surface area contributed by atoms with Crippen molar-refractivity contribution in [2.75, 3.05) is 7.05 Å². The van der Waals surface area contributed by atoms with Gasteiger partial charge in [-0.1, -0.05) is 30.0 Å². The third kappa shape index (κ3) is 3.28. The molecular formula is C11H11NS3. The first-order valence-corrected chi connectivity index (χ1v) is 7.05. The molecule has 0 radical (unpaired) electrons. The lowest BCUT2D eigenvalue weighted by atomic mass is 10.4. The highest BCUT2D eigenvalue weighted by molar-refractivity contribution is 8.00. The molecule has 0 aliphatic carbocycles. The standard InChI is InChI=1S/C11H11NS3/c1-12-15-11-7-10(8-13-11)14-9-5-3-2-4-6-9/h2-8,12H,1H3. The summed E-state index contributed by atoms with van der Waals surface area (Å²) in [5.74, 6) is 0. The van der Waals surface area contributed by atoms with Gasteiger partial charge in [-0.2, -0.15) is 0 Å². The summed E-state index contributed by atoms with van der Waals surface area (Å²) in [6.07, 6.45) is 0. The summed E-state index contributed by atoms with van der Waals surface area (Å²) in [7, 11) is 1.94. The molecule has 1 heterocycles. The van der Waals surface area contributed by atoms with Gasteiger partial charge in [0.25, 0.3) is 0 Å². The summed E-state index contributed by atoms with van der Waals surface area (Å²) < 4.78 is 4.38. The summed E-state index contributed by atoms with van der Waals surface area (Å²) in [6, 6.07) is 12.7. The minimum absolute atomic E-state index is 1.29. The van der Waals surface area contributed by atoms with Gasteiger partial charge in [0.1, 0.15) is 0 Å².